The molecule has 1 aliphatic heterocycles. The molecule has 1 heterocycles. The molecular formula is C13H19N3O5. The summed E-state index contributed by atoms with van der Waals surface area (Å²) in [6, 6.07) is -1.49. The molecular weight excluding hydrogens is 278 g/mol. The van der Waals surface area contributed by atoms with E-state index < -0.39 is 29.4 Å². The van der Waals surface area contributed by atoms with E-state index in [4.69, 9.17) is 0 Å². The van der Waals surface area contributed by atoms with Crippen molar-refractivity contribution in [1.29, 1.82) is 0 Å². The Kier molecular flexibility index (Phi) is 4.15. The Morgan fingerprint density at radius 1 is 1.33 bits per heavy atom. The third-order valence-electron chi connectivity index (χ3n) is 4.29. The summed E-state index contributed by atoms with van der Waals surface area (Å²) in [6.07, 6.45) is 2.66. The van der Waals surface area contributed by atoms with Gasteiger partial charge in [0.15, 0.2) is 0 Å². The average Bonchev–Trinajstić information content (AvgIpc) is 3.00. The van der Waals surface area contributed by atoms with E-state index in [-0.39, 0.29) is 18.9 Å². The topological polar surface area (TPSA) is 116 Å². The maximum atomic E-state index is 11.8. The zero-order valence-corrected chi connectivity index (χ0v) is 11.8. The van der Waals surface area contributed by atoms with E-state index in [0.717, 1.165) is 17.7 Å². The van der Waals surface area contributed by atoms with Crippen LogP contribution in [-0.4, -0.2) is 53.5 Å². The molecule has 116 valence electrons. The molecule has 0 spiro atoms. The fourth-order valence-corrected chi connectivity index (χ4v) is 2.85. The Hall–Kier alpha value is -2.12. The molecule has 0 radical (unpaired) electrons. The van der Waals surface area contributed by atoms with Gasteiger partial charge in [-0.2, -0.15) is 0 Å². The van der Waals surface area contributed by atoms with Gasteiger partial charge >= 0.3 is 12.0 Å². The van der Waals surface area contributed by atoms with Crippen molar-refractivity contribution in [1.82, 2.24) is 15.5 Å². The van der Waals surface area contributed by atoms with Crippen LogP contribution in [0, 0.1) is 5.41 Å². The van der Waals surface area contributed by atoms with E-state index in [1.807, 2.05) is 0 Å². The summed E-state index contributed by atoms with van der Waals surface area (Å²) in [7, 11) is 1.36. The molecule has 0 aromatic carbocycles. The van der Waals surface area contributed by atoms with E-state index in [9.17, 15) is 24.3 Å². The molecule has 1 atom stereocenters. The van der Waals surface area contributed by atoms with Crippen LogP contribution >= 0.6 is 0 Å². The second-order valence-electron chi connectivity index (χ2n) is 5.67. The van der Waals surface area contributed by atoms with Gasteiger partial charge in [-0.1, -0.05) is 12.8 Å². The SMILES string of the molecule is CN1C(=O)CC(NC(=O)NCC2(C(=O)O)CCCC2)C1=O. The number of aliphatic carboxylic acids is 1. The van der Waals surface area contributed by atoms with Crippen LogP contribution in [0.5, 0.6) is 0 Å². The minimum absolute atomic E-state index is 0.0266. The van der Waals surface area contributed by atoms with Crippen molar-refractivity contribution in [3.63, 3.8) is 0 Å². The number of amides is 4. The van der Waals surface area contributed by atoms with Crippen molar-refractivity contribution in [2.24, 2.45) is 5.41 Å². The first-order chi connectivity index (χ1) is 9.85. The average molecular weight is 297 g/mol. The zero-order chi connectivity index (χ0) is 15.6. The van der Waals surface area contributed by atoms with Gasteiger partial charge in [0.05, 0.1) is 11.8 Å². The number of carbonyl (C=O) groups is 4. The van der Waals surface area contributed by atoms with Gasteiger partial charge in [-0.25, -0.2) is 4.79 Å². The first-order valence-electron chi connectivity index (χ1n) is 6.94. The summed E-state index contributed by atoms with van der Waals surface area (Å²) >= 11 is 0. The minimum Gasteiger partial charge on any atom is -0.481 e. The highest BCUT2D eigenvalue weighted by Gasteiger charge is 2.42. The second-order valence-corrected chi connectivity index (χ2v) is 5.67. The number of urea groups is 1. The molecule has 8 heteroatoms. The summed E-state index contributed by atoms with van der Waals surface area (Å²) in [5.74, 6) is -1.71. The van der Waals surface area contributed by atoms with Gasteiger partial charge in [0.25, 0.3) is 5.91 Å². The number of likely N-dealkylation sites (N-methyl/N-ethyl adjacent to an activating group) is 1. The predicted molar refractivity (Wildman–Crippen MR) is 71.3 cm³/mol. The van der Waals surface area contributed by atoms with E-state index in [0.29, 0.717) is 12.8 Å². The van der Waals surface area contributed by atoms with E-state index in [1.165, 1.54) is 7.05 Å². The summed E-state index contributed by atoms with van der Waals surface area (Å²) in [4.78, 5) is 47.1. The number of carboxylic acids is 1. The van der Waals surface area contributed by atoms with Crippen LogP contribution in [0.3, 0.4) is 0 Å². The van der Waals surface area contributed by atoms with Gasteiger partial charge in [0, 0.05) is 13.6 Å². The number of carboxylic acid groups (broad SMARTS) is 1. The summed E-state index contributed by atoms with van der Waals surface area (Å²) < 4.78 is 0. The lowest BCUT2D eigenvalue weighted by Gasteiger charge is -2.24. The monoisotopic (exact) mass is 297 g/mol. The van der Waals surface area contributed by atoms with Crippen molar-refractivity contribution in [2.75, 3.05) is 13.6 Å². The third-order valence-corrected chi connectivity index (χ3v) is 4.29. The molecule has 3 N–H and O–H groups in total. The summed E-state index contributed by atoms with van der Waals surface area (Å²) in [5.41, 5.74) is -0.913. The van der Waals surface area contributed by atoms with Gasteiger partial charge in [0.2, 0.25) is 5.91 Å². The maximum absolute atomic E-state index is 11.8. The van der Waals surface area contributed by atoms with Gasteiger partial charge in [-0.3, -0.25) is 19.3 Å². The van der Waals surface area contributed by atoms with E-state index in [1.54, 1.807) is 0 Å². The van der Waals surface area contributed by atoms with Crippen LogP contribution in [0.25, 0.3) is 0 Å². The van der Waals surface area contributed by atoms with Crippen molar-refractivity contribution in [2.45, 2.75) is 38.1 Å². The molecule has 1 saturated heterocycles. The van der Waals surface area contributed by atoms with E-state index >= 15 is 0 Å². The Labute approximate surface area is 121 Å². The molecule has 0 aromatic rings. The maximum Gasteiger partial charge on any atom is 0.315 e. The lowest BCUT2D eigenvalue weighted by molar-refractivity contribution is -0.148. The molecule has 2 fully saturated rings. The number of hydrogen-bond acceptors (Lipinski definition) is 4. The first kappa shape index (κ1) is 15.3. The summed E-state index contributed by atoms with van der Waals surface area (Å²) in [5, 5.41) is 14.2. The van der Waals surface area contributed by atoms with Crippen molar-refractivity contribution in [3.8, 4) is 0 Å². The fraction of sp³-hybridized carbons (Fsp3) is 0.692. The van der Waals surface area contributed by atoms with Crippen LogP contribution in [0.15, 0.2) is 0 Å². The van der Waals surface area contributed by atoms with Crippen LogP contribution < -0.4 is 10.6 Å². The predicted octanol–water partition coefficient (Wildman–Crippen LogP) is -0.312. The normalized spacial score (nSPS) is 24.2. The minimum atomic E-state index is -0.913. The fourth-order valence-electron chi connectivity index (χ4n) is 2.85. The Morgan fingerprint density at radius 2 is 1.95 bits per heavy atom. The molecule has 2 rings (SSSR count). The van der Waals surface area contributed by atoms with E-state index in [2.05, 4.69) is 10.6 Å². The van der Waals surface area contributed by atoms with Gasteiger partial charge in [-0.15, -0.1) is 0 Å². The van der Waals surface area contributed by atoms with Gasteiger partial charge in [0.1, 0.15) is 6.04 Å². The largest absolute Gasteiger partial charge is 0.481 e. The number of carbonyl (C=O) groups excluding carboxylic acids is 3. The Bertz CT molecular complexity index is 484. The molecule has 1 unspecified atom stereocenters. The lowest BCUT2D eigenvalue weighted by Crippen LogP contribution is -2.49. The molecule has 0 aromatic heterocycles. The number of rotatable bonds is 4. The Balaban J connectivity index is 1.87. The van der Waals surface area contributed by atoms with Crippen LogP contribution in [0.4, 0.5) is 4.79 Å². The molecule has 2 aliphatic rings. The first-order valence-corrected chi connectivity index (χ1v) is 6.94. The second kappa shape index (κ2) is 5.71. The summed E-state index contributed by atoms with van der Waals surface area (Å²) in [6.45, 7) is 0.0266. The number of hydrogen-bond donors (Lipinski definition) is 3. The van der Waals surface area contributed by atoms with Crippen LogP contribution in [-0.2, 0) is 14.4 Å². The zero-order valence-electron chi connectivity index (χ0n) is 11.8. The van der Waals surface area contributed by atoms with Crippen molar-refractivity contribution < 1.29 is 24.3 Å². The number of nitrogens with zero attached hydrogens (tertiary/aromatic N) is 1. The smallest absolute Gasteiger partial charge is 0.315 e. The van der Waals surface area contributed by atoms with Crippen LogP contribution in [0.2, 0.25) is 0 Å². The highest BCUT2D eigenvalue weighted by Crippen LogP contribution is 2.37. The highest BCUT2D eigenvalue weighted by atomic mass is 16.4. The number of nitrogens with one attached hydrogen (secondary N) is 2. The van der Waals surface area contributed by atoms with Crippen molar-refractivity contribution >= 4 is 23.8 Å². The Morgan fingerprint density at radius 3 is 2.43 bits per heavy atom. The third kappa shape index (κ3) is 2.98. The quantitative estimate of drug-likeness (QED) is 0.615. The van der Waals surface area contributed by atoms with Gasteiger partial charge in [-0.05, 0) is 12.8 Å². The standard InChI is InChI=1S/C13H19N3O5/c1-16-9(17)6-8(10(16)18)15-12(21)14-7-13(11(19)20)4-2-3-5-13/h8H,2-7H2,1H3,(H,19,20)(H2,14,15,21). The molecule has 1 aliphatic carbocycles. The van der Waals surface area contributed by atoms with Crippen LogP contribution in [0.1, 0.15) is 32.1 Å². The van der Waals surface area contributed by atoms with Crippen molar-refractivity contribution in [3.05, 3.63) is 0 Å². The van der Waals surface area contributed by atoms with Gasteiger partial charge < -0.3 is 15.7 Å². The molecule has 8 nitrogen and oxygen atoms in total. The molecule has 21 heavy (non-hydrogen) atoms. The molecule has 1 saturated carbocycles. The molecule has 0 bridgehead atoms. The highest BCUT2D eigenvalue weighted by molar-refractivity contribution is 6.06. The lowest BCUT2D eigenvalue weighted by atomic mass is 9.86. The number of imide groups is 1. The number of likely N-dealkylation sites (tertiary alicyclic amines) is 1. The molecule has 4 amide bonds.